The van der Waals surface area contributed by atoms with Crippen LogP contribution in [0.5, 0.6) is 0 Å². The first-order chi connectivity index (χ1) is 7.91. The predicted molar refractivity (Wildman–Crippen MR) is 63.8 cm³/mol. The Hall–Kier alpha value is -0.980. The normalized spacial score (nSPS) is 14.2. The second kappa shape index (κ2) is 6.09. The van der Waals surface area contributed by atoms with Crippen LogP contribution in [-0.2, 0) is 4.79 Å². The largest absolute Gasteiger partial charge is 0.388 e. The SMILES string of the molecule is CC(=O)NCC(O)C(O)c1ccc(Br)cc1F. The van der Waals surface area contributed by atoms with Gasteiger partial charge in [0.1, 0.15) is 18.0 Å². The van der Waals surface area contributed by atoms with E-state index in [1.807, 2.05) is 0 Å². The lowest BCUT2D eigenvalue weighted by Crippen LogP contribution is -2.34. The molecule has 1 aromatic rings. The highest BCUT2D eigenvalue weighted by molar-refractivity contribution is 9.10. The average Bonchev–Trinajstić information content (AvgIpc) is 2.25. The van der Waals surface area contributed by atoms with E-state index in [2.05, 4.69) is 21.2 Å². The van der Waals surface area contributed by atoms with Crippen LogP contribution in [0.1, 0.15) is 18.6 Å². The highest BCUT2D eigenvalue weighted by atomic mass is 79.9. The molecule has 94 valence electrons. The quantitative estimate of drug-likeness (QED) is 0.781. The molecule has 2 atom stereocenters. The summed E-state index contributed by atoms with van der Waals surface area (Å²) < 4.78 is 14.0. The van der Waals surface area contributed by atoms with Gasteiger partial charge < -0.3 is 15.5 Å². The smallest absolute Gasteiger partial charge is 0.216 e. The van der Waals surface area contributed by atoms with Crippen LogP contribution < -0.4 is 5.32 Å². The maximum atomic E-state index is 13.5. The van der Waals surface area contributed by atoms with E-state index in [1.54, 1.807) is 6.07 Å². The zero-order valence-corrected chi connectivity index (χ0v) is 10.7. The van der Waals surface area contributed by atoms with Crippen molar-refractivity contribution in [3.05, 3.63) is 34.1 Å². The van der Waals surface area contributed by atoms with Crippen LogP contribution in [0.2, 0.25) is 0 Å². The first-order valence-corrected chi connectivity index (χ1v) is 5.76. The summed E-state index contributed by atoms with van der Waals surface area (Å²) in [7, 11) is 0. The summed E-state index contributed by atoms with van der Waals surface area (Å²) >= 11 is 3.09. The molecule has 0 aliphatic heterocycles. The van der Waals surface area contributed by atoms with Gasteiger partial charge in [0.25, 0.3) is 0 Å². The lowest BCUT2D eigenvalue weighted by Gasteiger charge is -2.18. The van der Waals surface area contributed by atoms with E-state index in [0.717, 1.165) is 0 Å². The van der Waals surface area contributed by atoms with E-state index < -0.39 is 18.0 Å². The second-order valence-corrected chi connectivity index (χ2v) is 4.53. The Kier molecular flexibility index (Phi) is 5.04. The standard InChI is InChI=1S/C11H13BrFNO3/c1-6(15)14-5-10(16)11(17)8-3-2-7(12)4-9(8)13/h2-4,10-11,16-17H,5H2,1H3,(H,14,15). The van der Waals surface area contributed by atoms with Crippen molar-refractivity contribution in [2.24, 2.45) is 0 Å². The summed E-state index contributed by atoms with van der Waals surface area (Å²) in [4.78, 5) is 10.6. The number of aliphatic hydroxyl groups is 2. The molecular formula is C11H13BrFNO3. The number of carbonyl (C=O) groups is 1. The van der Waals surface area contributed by atoms with Crippen molar-refractivity contribution in [3.63, 3.8) is 0 Å². The summed E-state index contributed by atoms with van der Waals surface area (Å²) in [6, 6.07) is 4.14. The Balaban J connectivity index is 2.74. The van der Waals surface area contributed by atoms with Crippen molar-refractivity contribution < 1.29 is 19.4 Å². The van der Waals surface area contributed by atoms with Crippen LogP contribution >= 0.6 is 15.9 Å². The van der Waals surface area contributed by atoms with Gasteiger partial charge >= 0.3 is 0 Å². The van der Waals surface area contributed by atoms with Crippen molar-refractivity contribution >= 4 is 21.8 Å². The number of nitrogens with one attached hydrogen (secondary N) is 1. The number of hydrogen-bond donors (Lipinski definition) is 3. The molecule has 17 heavy (non-hydrogen) atoms. The molecule has 0 saturated carbocycles. The van der Waals surface area contributed by atoms with Gasteiger partial charge in [-0.3, -0.25) is 4.79 Å². The van der Waals surface area contributed by atoms with Crippen LogP contribution in [0.25, 0.3) is 0 Å². The summed E-state index contributed by atoms with van der Waals surface area (Å²) in [6.45, 7) is 1.16. The fourth-order valence-corrected chi connectivity index (χ4v) is 1.64. The third kappa shape index (κ3) is 4.07. The summed E-state index contributed by atoms with van der Waals surface area (Å²) in [5.41, 5.74) is -0.00829. The molecule has 0 saturated heterocycles. The Morgan fingerprint density at radius 1 is 1.53 bits per heavy atom. The number of halogens is 2. The monoisotopic (exact) mass is 305 g/mol. The van der Waals surface area contributed by atoms with Crippen LogP contribution in [0.3, 0.4) is 0 Å². The molecule has 1 aromatic carbocycles. The number of aliphatic hydroxyl groups excluding tert-OH is 2. The number of rotatable bonds is 4. The first kappa shape index (κ1) is 14.1. The molecule has 1 rings (SSSR count). The van der Waals surface area contributed by atoms with Gasteiger partial charge in [0, 0.05) is 23.5 Å². The zero-order chi connectivity index (χ0) is 13.0. The molecule has 3 N–H and O–H groups in total. The Morgan fingerprint density at radius 2 is 2.18 bits per heavy atom. The van der Waals surface area contributed by atoms with E-state index >= 15 is 0 Å². The maximum absolute atomic E-state index is 13.5. The molecule has 0 aliphatic rings. The third-order valence-electron chi connectivity index (χ3n) is 2.21. The molecule has 0 aromatic heterocycles. The molecular weight excluding hydrogens is 293 g/mol. The molecule has 0 radical (unpaired) electrons. The summed E-state index contributed by atoms with van der Waals surface area (Å²) in [6.07, 6.45) is -2.63. The van der Waals surface area contributed by atoms with Crippen molar-refractivity contribution in [1.29, 1.82) is 0 Å². The van der Waals surface area contributed by atoms with Gasteiger partial charge in [0.05, 0.1) is 0 Å². The molecule has 0 aliphatic carbocycles. The van der Waals surface area contributed by atoms with Gasteiger partial charge in [-0.25, -0.2) is 4.39 Å². The van der Waals surface area contributed by atoms with Crippen molar-refractivity contribution in [3.8, 4) is 0 Å². The van der Waals surface area contributed by atoms with E-state index in [4.69, 9.17) is 0 Å². The molecule has 1 amide bonds. The number of benzene rings is 1. The third-order valence-corrected chi connectivity index (χ3v) is 2.70. The molecule has 0 heterocycles. The fourth-order valence-electron chi connectivity index (χ4n) is 1.31. The topological polar surface area (TPSA) is 69.6 Å². The van der Waals surface area contributed by atoms with Crippen LogP contribution in [0.4, 0.5) is 4.39 Å². The second-order valence-electron chi connectivity index (χ2n) is 3.62. The Morgan fingerprint density at radius 3 is 2.71 bits per heavy atom. The minimum Gasteiger partial charge on any atom is -0.388 e. The van der Waals surface area contributed by atoms with Gasteiger partial charge in [0.2, 0.25) is 5.91 Å². The van der Waals surface area contributed by atoms with Crippen LogP contribution in [0, 0.1) is 5.82 Å². The van der Waals surface area contributed by atoms with Gasteiger partial charge in [-0.1, -0.05) is 22.0 Å². The molecule has 2 unspecified atom stereocenters. The van der Waals surface area contributed by atoms with E-state index in [0.29, 0.717) is 4.47 Å². The Labute approximate surface area is 107 Å². The van der Waals surface area contributed by atoms with E-state index in [-0.39, 0.29) is 18.0 Å². The van der Waals surface area contributed by atoms with Gasteiger partial charge in [-0.2, -0.15) is 0 Å². The Bertz CT molecular complexity index is 414. The average molecular weight is 306 g/mol. The van der Waals surface area contributed by atoms with Gasteiger partial charge in [-0.15, -0.1) is 0 Å². The number of hydrogen-bond acceptors (Lipinski definition) is 3. The van der Waals surface area contributed by atoms with Crippen LogP contribution in [0.15, 0.2) is 22.7 Å². The molecule has 0 bridgehead atoms. The molecule has 6 heteroatoms. The maximum Gasteiger partial charge on any atom is 0.216 e. The number of amides is 1. The molecule has 4 nitrogen and oxygen atoms in total. The molecule has 0 fully saturated rings. The van der Waals surface area contributed by atoms with Gasteiger partial charge in [0.15, 0.2) is 0 Å². The zero-order valence-electron chi connectivity index (χ0n) is 9.15. The minimum absolute atomic E-state index is 0.00829. The van der Waals surface area contributed by atoms with Crippen molar-refractivity contribution in [1.82, 2.24) is 5.32 Å². The first-order valence-electron chi connectivity index (χ1n) is 4.97. The molecule has 0 spiro atoms. The summed E-state index contributed by atoms with van der Waals surface area (Å²) in [5, 5.41) is 21.6. The van der Waals surface area contributed by atoms with E-state index in [9.17, 15) is 19.4 Å². The van der Waals surface area contributed by atoms with Gasteiger partial charge in [-0.05, 0) is 12.1 Å². The predicted octanol–water partition coefficient (Wildman–Crippen LogP) is 1.12. The van der Waals surface area contributed by atoms with Crippen LogP contribution in [-0.4, -0.2) is 28.8 Å². The lowest BCUT2D eigenvalue weighted by atomic mass is 10.0. The lowest BCUT2D eigenvalue weighted by molar-refractivity contribution is -0.119. The van der Waals surface area contributed by atoms with Crippen molar-refractivity contribution in [2.45, 2.75) is 19.1 Å². The fraction of sp³-hybridized carbons (Fsp3) is 0.364. The summed E-state index contributed by atoms with van der Waals surface area (Å²) in [5.74, 6) is -0.943. The highest BCUT2D eigenvalue weighted by Crippen LogP contribution is 2.23. The minimum atomic E-state index is -1.38. The number of carbonyl (C=O) groups excluding carboxylic acids is 1. The van der Waals surface area contributed by atoms with Crippen molar-refractivity contribution in [2.75, 3.05) is 6.54 Å². The van der Waals surface area contributed by atoms with E-state index in [1.165, 1.54) is 19.1 Å². The highest BCUT2D eigenvalue weighted by Gasteiger charge is 2.21.